The standard InChI is InChI=1S/C18H24N2O4S/c1-4-7-13(12-18(21)22)19-25(23,24)17-11-6-8-14-15(17)9-5-10-16(14)20(2)3/h5-6,8-11,13,19H,4,7,12H2,1-3H3,(H,21,22). The molecule has 0 aliphatic carbocycles. The van der Waals surface area contributed by atoms with E-state index in [1.807, 2.05) is 44.1 Å². The van der Waals surface area contributed by atoms with Gasteiger partial charge in [0, 0.05) is 36.6 Å². The highest BCUT2D eigenvalue weighted by Gasteiger charge is 2.23. The number of nitrogens with zero attached hydrogens (tertiary/aromatic N) is 1. The van der Waals surface area contributed by atoms with Crippen molar-refractivity contribution in [3.8, 4) is 0 Å². The van der Waals surface area contributed by atoms with E-state index in [1.54, 1.807) is 18.2 Å². The van der Waals surface area contributed by atoms with Gasteiger partial charge in [0.2, 0.25) is 10.0 Å². The monoisotopic (exact) mass is 364 g/mol. The summed E-state index contributed by atoms with van der Waals surface area (Å²) < 4.78 is 28.3. The largest absolute Gasteiger partial charge is 0.481 e. The highest BCUT2D eigenvalue weighted by atomic mass is 32.2. The normalized spacial score (nSPS) is 12.9. The molecule has 0 amide bonds. The molecule has 2 aromatic rings. The van der Waals surface area contributed by atoms with Crippen LogP contribution in [0.3, 0.4) is 0 Å². The van der Waals surface area contributed by atoms with Gasteiger partial charge in [-0.1, -0.05) is 37.6 Å². The number of rotatable bonds is 8. The molecule has 1 atom stereocenters. The Morgan fingerprint density at radius 1 is 1.16 bits per heavy atom. The molecule has 0 spiro atoms. The molecule has 0 bridgehead atoms. The Kier molecular flexibility index (Phi) is 6.02. The van der Waals surface area contributed by atoms with Gasteiger partial charge in [0.15, 0.2) is 0 Å². The molecule has 6 nitrogen and oxygen atoms in total. The molecule has 2 aromatic carbocycles. The van der Waals surface area contributed by atoms with Crippen molar-refractivity contribution in [2.24, 2.45) is 0 Å². The fourth-order valence-electron chi connectivity index (χ4n) is 2.93. The number of carboxylic acid groups (broad SMARTS) is 1. The van der Waals surface area contributed by atoms with Gasteiger partial charge in [0.05, 0.1) is 11.3 Å². The molecular formula is C18H24N2O4S. The average molecular weight is 364 g/mol. The van der Waals surface area contributed by atoms with Gasteiger partial charge in [-0.25, -0.2) is 13.1 Å². The summed E-state index contributed by atoms with van der Waals surface area (Å²) in [6, 6.07) is 10.0. The lowest BCUT2D eigenvalue weighted by molar-refractivity contribution is -0.137. The molecular weight excluding hydrogens is 340 g/mol. The smallest absolute Gasteiger partial charge is 0.304 e. The minimum absolute atomic E-state index is 0.167. The summed E-state index contributed by atoms with van der Waals surface area (Å²) in [6.45, 7) is 1.89. The van der Waals surface area contributed by atoms with Crippen LogP contribution in [-0.2, 0) is 14.8 Å². The first-order valence-electron chi connectivity index (χ1n) is 8.19. The minimum Gasteiger partial charge on any atom is -0.481 e. The number of hydrogen-bond acceptors (Lipinski definition) is 4. The van der Waals surface area contributed by atoms with E-state index < -0.39 is 22.0 Å². The van der Waals surface area contributed by atoms with E-state index in [1.165, 1.54) is 0 Å². The minimum atomic E-state index is -3.83. The summed E-state index contributed by atoms with van der Waals surface area (Å²) in [6.07, 6.45) is 0.931. The van der Waals surface area contributed by atoms with E-state index in [4.69, 9.17) is 5.11 Å². The number of hydrogen-bond donors (Lipinski definition) is 2. The second-order valence-electron chi connectivity index (χ2n) is 6.23. The first-order valence-corrected chi connectivity index (χ1v) is 9.67. The molecule has 2 rings (SSSR count). The molecule has 0 saturated carbocycles. The summed E-state index contributed by atoms with van der Waals surface area (Å²) in [4.78, 5) is 13.1. The Morgan fingerprint density at radius 3 is 2.40 bits per heavy atom. The summed E-state index contributed by atoms with van der Waals surface area (Å²) in [5.74, 6) is -1.02. The molecule has 0 radical (unpaired) electrons. The van der Waals surface area contributed by atoms with Crippen LogP contribution in [0.1, 0.15) is 26.2 Å². The third-order valence-corrected chi connectivity index (χ3v) is 5.59. The van der Waals surface area contributed by atoms with Gasteiger partial charge in [-0.05, 0) is 18.6 Å². The van der Waals surface area contributed by atoms with Crippen molar-refractivity contribution >= 4 is 32.5 Å². The fraction of sp³-hybridized carbons (Fsp3) is 0.389. The van der Waals surface area contributed by atoms with Gasteiger partial charge in [0.1, 0.15) is 0 Å². The number of aliphatic carboxylic acids is 1. The molecule has 0 fully saturated rings. The molecule has 2 N–H and O–H groups in total. The van der Waals surface area contributed by atoms with Crippen LogP contribution in [0.25, 0.3) is 10.8 Å². The van der Waals surface area contributed by atoms with E-state index in [0.29, 0.717) is 18.2 Å². The van der Waals surface area contributed by atoms with Crippen molar-refractivity contribution in [2.75, 3.05) is 19.0 Å². The highest BCUT2D eigenvalue weighted by Crippen LogP contribution is 2.30. The second kappa shape index (κ2) is 7.84. The van der Waals surface area contributed by atoms with E-state index >= 15 is 0 Å². The van der Waals surface area contributed by atoms with Crippen LogP contribution < -0.4 is 9.62 Å². The lowest BCUT2D eigenvalue weighted by Gasteiger charge is -2.19. The zero-order valence-corrected chi connectivity index (χ0v) is 15.5. The highest BCUT2D eigenvalue weighted by molar-refractivity contribution is 7.89. The van der Waals surface area contributed by atoms with Crippen molar-refractivity contribution in [3.63, 3.8) is 0 Å². The molecule has 25 heavy (non-hydrogen) atoms. The molecule has 136 valence electrons. The van der Waals surface area contributed by atoms with Crippen LogP contribution in [0, 0.1) is 0 Å². The maximum absolute atomic E-state index is 12.9. The predicted octanol–water partition coefficient (Wildman–Crippen LogP) is 2.83. The Hall–Kier alpha value is -2.12. The summed E-state index contributed by atoms with van der Waals surface area (Å²) in [5, 5.41) is 10.5. The van der Waals surface area contributed by atoms with Crippen LogP contribution in [0.5, 0.6) is 0 Å². The number of carboxylic acids is 1. The van der Waals surface area contributed by atoms with Crippen LogP contribution in [0.4, 0.5) is 5.69 Å². The summed E-state index contributed by atoms with van der Waals surface area (Å²) >= 11 is 0. The Labute approximate surface area is 148 Å². The van der Waals surface area contributed by atoms with Crippen LogP contribution >= 0.6 is 0 Å². The molecule has 0 aromatic heterocycles. The molecule has 0 saturated heterocycles. The van der Waals surface area contributed by atoms with Gasteiger partial charge in [-0.3, -0.25) is 4.79 Å². The topological polar surface area (TPSA) is 86.7 Å². The number of fused-ring (bicyclic) bond motifs is 1. The second-order valence-corrected chi connectivity index (χ2v) is 7.91. The Balaban J connectivity index is 2.49. The van der Waals surface area contributed by atoms with Gasteiger partial charge in [0.25, 0.3) is 0 Å². The zero-order valence-electron chi connectivity index (χ0n) is 14.7. The number of sulfonamides is 1. The molecule has 0 aliphatic heterocycles. The van der Waals surface area contributed by atoms with Crippen molar-refractivity contribution in [1.29, 1.82) is 0 Å². The van der Waals surface area contributed by atoms with Crippen LogP contribution in [-0.4, -0.2) is 39.6 Å². The number of nitrogens with one attached hydrogen (secondary N) is 1. The van der Waals surface area contributed by atoms with Gasteiger partial charge in [-0.15, -0.1) is 0 Å². The van der Waals surface area contributed by atoms with Gasteiger partial charge in [-0.2, -0.15) is 0 Å². The molecule has 0 heterocycles. The van der Waals surface area contributed by atoms with Gasteiger partial charge < -0.3 is 10.0 Å². The number of benzene rings is 2. The van der Waals surface area contributed by atoms with E-state index in [0.717, 1.165) is 11.1 Å². The molecule has 1 unspecified atom stereocenters. The van der Waals surface area contributed by atoms with Crippen LogP contribution in [0.15, 0.2) is 41.3 Å². The van der Waals surface area contributed by atoms with E-state index in [-0.39, 0.29) is 11.3 Å². The number of anilines is 1. The third kappa shape index (κ3) is 4.49. The Morgan fingerprint density at radius 2 is 1.80 bits per heavy atom. The maximum atomic E-state index is 12.9. The van der Waals surface area contributed by atoms with Crippen molar-refractivity contribution < 1.29 is 18.3 Å². The lowest BCUT2D eigenvalue weighted by atomic mass is 10.1. The van der Waals surface area contributed by atoms with Crippen molar-refractivity contribution in [1.82, 2.24) is 4.72 Å². The quantitative estimate of drug-likeness (QED) is 0.752. The third-order valence-electron chi connectivity index (χ3n) is 4.01. The molecule has 0 aliphatic rings. The zero-order chi connectivity index (χ0) is 18.6. The van der Waals surface area contributed by atoms with E-state index in [2.05, 4.69) is 4.72 Å². The first-order chi connectivity index (χ1) is 11.8. The summed E-state index contributed by atoms with van der Waals surface area (Å²) in [7, 11) is -0.0260. The predicted molar refractivity (Wildman–Crippen MR) is 99.5 cm³/mol. The molecule has 7 heteroatoms. The van der Waals surface area contributed by atoms with E-state index in [9.17, 15) is 13.2 Å². The number of carbonyl (C=O) groups is 1. The maximum Gasteiger partial charge on any atom is 0.304 e. The van der Waals surface area contributed by atoms with Crippen molar-refractivity contribution in [3.05, 3.63) is 36.4 Å². The first kappa shape index (κ1) is 19.2. The van der Waals surface area contributed by atoms with Crippen LogP contribution in [0.2, 0.25) is 0 Å². The fourth-order valence-corrected chi connectivity index (χ4v) is 4.43. The average Bonchev–Trinajstić information content (AvgIpc) is 2.52. The van der Waals surface area contributed by atoms with Gasteiger partial charge >= 0.3 is 5.97 Å². The Bertz CT molecular complexity index is 863. The summed E-state index contributed by atoms with van der Waals surface area (Å²) in [5.41, 5.74) is 0.921. The lowest BCUT2D eigenvalue weighted by Crippen LogP contribution is -2.36. The SMILES string of the molecule is CCCC(CC(=O)O)NS(=O)(=O)c1cccc2c(N(C)C)cccc12. The van der Waals surface area contributed by atoms with Crippen molar-refractivity contribution in [2.45, 2.75) is 37.1 Å².